The molecule has 0 aliphatic rings. The zero-order valence-corrected chi connectivity index (χ0v) is 13.8. The van der Waals surface area contributed by atoms with E-state index in [0.29, 0.717) is 5.75 Å². The highest BCUT2D eigenvalue weighted by Crippen LogP contribution is 2.25. The minimum atomic E-state index is -0.945. The molecule has 0 radical (unpaired) electrons. The van der Waals surface area contributed by atoms with Gasteiger partial charge < -0.3 is 15.1 Å². The normalized spacial score (nSPS) is 11.0. The molecular formula is C19H21NO3. The molecule has 0 fully saturated rings. The van der Waals surface area contributed by atoms with E-state index >= 15 is 0 Å². The Morgan fingerprint density at radius 3 is 1.96 bits per heavy atom. The van der Waals surface area contributed by atoms with Crippen molar-refractivity contribution < 1.29 is 15.0 Å². The quantitative estimate of drug-likeness (QED) is 0.840. The molecule has 0 amide bonds. The van der Waals surface area contributed by atoms with Gasteiger partial charge in [-0.25, -0.2) is 4.79 Å². The minimum absolute atomic E-state index is 0.258. The van der Waals surface area contributed by atoms with Crippen LogP contribution in [0.2, 0.25) is 0 Å². The van der Waals surface area contributed by atoms with Crippen molar-refractivity contribution in [1.82, 2.24) is 0 Å². The van der Waals surface area contributed by atoms with Gasteiger partial charge in [0.2, 0.25) is 0 Å². The van der Waals surface area contributed by atoms with Gasteiger partial charge in [-0.1, -0.05) is 12.2 Å². The molecule has 0 heterocycles. The lowest BCUT2D eigenvalue weighted by Gasteiger charge is -2.14. The Hall–Kier alpha value is -2.75. The number of hydrogen-bond donors (Lipinski definition) is 2. The molecule has 2 N–H and O–H groups in total. The third-order valence-corrected chi connectivity index (χ3v) is 3.69. The third kappa shape index (κ3) is 3.92. The van der Waals surface area contributed by atoms with Crippen molar-refractivity contribution in [3.05, 3.63) is 58.1 Å². The molecule has 2 aromatic rings. The molecule has 0 aliphatic carbocycles. The number of carboxylic acids is 1. The highest BCUT2D eigenvalue weighted by molar-refractivity contribution is 5.90. The van der Waals surface area contributed by atoms with E-state index in [-0.39, 0.29) is 5.56 Å². The summed E-state index contributed by atoms with van der Waals surface area (Å²) in [6.07, 6.45) is 3.80. The summed E-state index contributed by atoms with van der Waals surface area (Å²) in [5, 5.41) is 19.0. The summed E-state index contributed by atoms with van der Waals surface area (Å²) in [7, 11) is 3.75. The van der Waals surface area contributed by atoms with Gasteiger partial charge in [0.15, 0.2) is 0 Å². The van der Waals surface area contributed by atoms with Crippen LogP contribution in [0.1, 0.15) is 32.6 Å². The van der Waals surface area contributed by atoms with Crippen LogP contribution in [-0.4, -0.2) is 30.3 Å². The largest absolute Gasteiger partial charge is 0.507 e. The summed E-state index contributed by atoms with van der Waals surface area (Å²) in [6.45, 7) is 3.71. The van der Waals surface area contributed by atoms with Gasteiger partial charge >= 0.3 is 5.97 Å². The molecule has 0 saturated carbocycles. The second-order valence-electron chi connectivity index (χ2n) is 5.85. The Bertz CT molecular complexity index is 753. The van der Waals surface area contributed by atoms with Crippen LogP contribution in [0.4, 0.5) is 5.69 Å². The molecule has 120 valence electrons. The number of aromatic carboxylic acids is 1. The highest BCUT2D eigenvalue weighted by atomic mass is 16.4. The average molecular weight is 311 g/mol. The minimum Gasteiger partial charge on any atom is -0.507 e. The molecule has 0 aliphatic heterocycles. The maximum atomic E-state index is 11.3. The van der Waals surface area contributed by atoms with Crippen LogP contribution < -0.4 is 4.90 Å². The summed E-state index contributed by atoms with van der Waals surface area (Å²) < 4.78 is 0. The first kappa shape index (κ1) is 16.6. The lowest BCUT2D eigenvalue weighted by Crippen LogP contribution is -2.10. The predicted octanol–water partition coefficient (Wildman–Crippen LogP) is 3.94. The number of rotatable bonds is 4. The van der Waals surface area contributed by atoms with E-state index in [1.54, 1.807) is 12.1 Å². The van der Waals surface area contributed by atoms with Crippen LogP contribution in [0.25, 0.3) is 12.2 Å². The first-order valence-corrected chi connectivity index (χ1v) is 7.32. The Morgan fingerprint density at radius 2 is 1.48 bits per heavy atom. The predicted molar refractivity (Wildman–Crippen MR) is 94.2 cm³/mol. The summed E-state index contributed by atoms with van der Waals surface area (Å²) in [6, 6.07) is 9.02. The Morgan fingerprint density at radius 1 is 0.957 bits per heavy atom. The monoisotopic (exact) mass is 311 g/mol. The van der Waals surface area contributed by atoms with E-state index in [4.69, 9.17) is 0 Å². The topological polar surface area (TPSA) is 60.8 Å². The molecule has 4 heteroatoms. The second kappa shape index (κ2) is 6.57. The van der Waals surface area contributed by atoms with Crippen molar-refractivity contribution >= 4 is 23.8 Å². The zero-order chi connectivity index (χ0) is 17.1. The smallest absolute Gasteiger partial charge is 0.335 e. The summed E-state index contributed by atoms with van der Waals surface area (Å²) in [4.78, 5) is 13.1. The maximum Gasteiger partial charge on any atom is 0.335 e. The molecule has 0 atom stereocenters. The van der Waals surface area contributed by atoms with Gasteiger partial charge in [0.05, 0.1) is 5.56 Å². The van der Waals surface area contributed by atoms with Gasteiger partial charge in [-0.15, -0.1) is 0 Å². The molecule has 4 nitrogen and oxygen atoms in total. The number of anilines is 1. The van der Waals surface area contributed by atoms with E-state index in [1.807, 2.05) is 63.2 Å². The lowest BCUT2D eigenvalue weighted by molar-refractivity contribution is 0.0697. The lowest BCUT2D eigenvalue weighted by atomic mass is 10.0. The fraction of sp³-hybridized carbons (Fsp3) is 0.211. The number of hydrogen-bond acceptors (Lipinski definition) is 3. The van der Waals surface area contributed by atoms with Crippen molar-refractivity contribution in [2.75, 3.05) is 19.0 Å². The van der Waals surface area contributed by atoms with Crippen molar-refractivity contribution in [2.24, 2.45) is 0 Å². The fourth-order valence-electron chi connectivity index (χ4n) is 2.39. The van der Waals surface area contributed by atoms with Crippen molar-refractivity contribution in [1.29, 1.82) is 0 Å². The van der Waals surface area contributed by atoms with Gasteiger partial charge in [-0.2, -0.15) is 0 Å². The second-order valence-corrected chi connectivity index (χ2v) is 5.85. The van der Waals surface area contributed by atoms with E-state index in [2.05, 4.69) is 0 Å². The zero-order valence-electron chi connectivity index (χ0n) is 13.8. The Balaban J connectivity index is 2.41. The molecule has 2 aromatic carbocycles. The van der Waals surface area contributed by atoms with Gasteiger partial charge in [0.25, 0.3) is 0 Å². The van der Waals surface area contributed by atoms with Gasteiger partial charge in [-0.3, -0.25) is 0 Å². The number of benzene rings is 2. The fourth-order valence-corrected chi connectivity index (χ4v) is 2.39. The first-order valence-electron chi connectivity index (χ1n) is 7.32. The molecule has 2 rings (SSSR count). The Labute approximate surface area is 136 Å². The standard InChI is InChI=1S/C19H21NO3/c1-12-7-14(8-13(2)18(12)21)5-6-15-9-16(19(22)23)11-17(10-15)20(3)4/h5-11,21H,1-4H3,(H,22,23). The van der Waals surface area contributed by atoms with Crippen molar-refractivity contribution in [3.8, 4) is 5.75 Å². The number of phenolic OH excluding ortho intramolecular Hbond substituents is 1. The Kier molecular flexibility index (Phi) is 4.74. The van der Waals surface area contributed by atoms with Gasteiger partial charge in [0.1, 0.15) is 5.75 Å². The first-order chi connectivity index (χ1) is 10.8. The molecule has 0 unspecified atom stereocenters. The van der Waals surface area contributed by atoms with E-state index in [9.17, 15) is 15.0 Å². The van der Waals surface area contributed by atoms with E-state index in [1.165, 1.54) is 0 Å². The van der Waals surface area contributed by atoms with E-state index < -0.39 is 5.97 Å². The number of carboxylic acid groups (broad SMARTS) is 1. The van der Waals surface area contributed by atoms with Crippen LogP contribution in [0, 0.1) is 13.8 Å². The maximum absolute atomic E-state index is 11.3. The van der Waals surface area contributed by atoms with Crippen molar-refractivity contribution in [2.45, 2.75) is 13.8 Å². The van der Waals surface area contributed by atoms with Crippen LogP contribution in [-0.2, 0) is 0 Å². The number of aromatic hydroxyl groups is 1. The van der Waals surface area contributed by atoms with E-state index in [0.717, 1.165) is 27.9 Å². The van der Waals surface area contributed by atoms with Crippen LogP contribution in [0.5, 0.6) is 5.75 Å². The van der Waals surface area contributed by atoms with Crippen molar-refractivity contribution in [3.63, 3.8) is 0 Å². The number of phenols is 1. The van der Waals surface area contributed by atoms with Crippen LogP contribution in [0.3, 0.4) is 0 Å². The number of nitrogens with zero attached hydrogens (tertiary/aromatic N) is 1. The molecule has 0 bridgehead atoms. The summed E-state index contributed by atoms with van der Waals surface area (Å²) >= 11 is 0. The summed E-state index contributed by atoms with van der Waals surface area (Å²) in [5.41, 5.74) is 4.51. The molecule has 0 spiro atoms. The molecule has 0 saturated heterocycles. The van der Waals surface area contributed by atoms with Gasteiger partial charge in [-0.05, 0) is 66.4 Å². The molecular weight excluding hydrogens is 290 g/mol. The van der Waals surface area contributed by atoms with Crippen LogP contribution >= 0.6 is 0 Å². The average Bonchev–Trinajstić information content (AvgIpc) is 2.50. The molecule has 0 aromatic heterocycles. The number of aryl methyl sites for hydroxylation is 2. The highest BCUT2D eigenvalue weighted by Gasteiger charge is 2.07. The van der Waals surface area contributed by atoms with Gasteiger partial charge in [0, 0.05) is 19.8 Å². The number of carbonyl (C=O) groups is 1. The third-order valence-electron chi connectivity index (χ3n) is 3.69. The van der Waals surface area contributed by atoms with Crippen LogP contribution in [0.15, 0.2) is 30.3 Å². The molecule has 23 heavy (non-hydrogen) atoms. The SMILES string of the molecule is Cc1cc(C=Cc2cc(C(=O)O)cc(N(C)C)c2)cc(C)c1O. The summed E-state index contributed by atoms with van der Waals surface area (Å²) in [5.74, 6) is -0.635.